The number of hydrogen-bond donors (Lipinski definition) is 0. The van der Waals surface area contributed by atoms with Crippen LogP contribution in [0.3, 0.4) is 0 Å². The van der Waals surface area contributed by atoms with Gasteiger partial charge in [0.1, 0.15) is 11.6 Å². The number of nitrogens with zero attached hydrogens (tertiary/aromatic N) is 1. The minimum absolute atomic E-state index is 0.0534. The smallest absolute Gasteiger partial charge is 0.223 e. The van der Waals surface area contributed by atoms with Crippen molar-refractivity contribution in [3.8, 4) is 5.75 Å². The van der Waals surface area contributed by atoms with Crippen molar-refractivity contribution in [1.29, 1.82) is 0 Å². The molecule has 0 spiro atoms. The van der Waals surface area contributed by atoms with E-state index in [4.69, 9.17) is 16.3 Å². The first-order valence-electron chi connectivity index (χ1n) is 8.44. The Hall–Kier alpha value is -2.07. The van der Waals surface area contributed by atoms with E-state index in [-0.39, 0.29) is 17.8 Å². The van der Waals surface area contributed by atoms with Crippen molar-refractivity contribution in [2.45, 2.75) is 38.3 Å². The molecular formula is C20H21ClFNO2. The van der Waals surface area contributed by atoms with Crippen molar-refractivity contribution in [3.63, 3.8) is 0 Å². The third-order valence-corrected chi connectivity index (χ3v) is 4.75. The van der Waals surface area contributed by atoms with Crippen LogP contribution in [0.25, 0.3) is 0 Å². The van der Waals surface area contributed by atoms with Crippen LogP contribution in [-0.2, 0) is 17.8 Å². The van der Waals surface area contributed by atoms with Gasteiger partial charge in [-0.1, -0.05) is 35.9 Å². The van der Waals surface area contributed by atoms with Crippen molar-refractivity contribution >= 4 is 17.5 Å². The molecule has 0 bridgehead atoms. The summed E-state index contributed by atoms with van der Waals surface area (Å²) >= 11 is 6.13. The van der Waals surface area contributed by atoms with E-state index in [2.05, 4.69) is 0 Å². The van der Waals surface area contributed by atoms with Crippen LogP contribution >= 0.6 is 11.6 Å². The number of carbonyl (C=O) groups is 1. The van der Waals surface area contributed by atoms with Crippen LogP contribution in [0.15, 0.2) is 42.5 Å². The average molecular weight is 362 g/mol. The fourth-order valence-electron chi connectivity index (χ4n) is 2.88. The third-order valence-electron chi connectivity index (χ3n) is 4.45. The van der Waals surface area contributed by atoms with Gasteiger partial charge in [-0.15, -0.1) is 0 Å². The molecule has 0 atom stereocenters. The van der Waals surface area contributed by atoms with Gasteiger partial charge in [-0.05, 0) is 43.0 Å². The highest BCUT2D eigenvalue weighted by Crippen LogP contribution is 2.30. The first kappa shape index (κ1) is 17.7. The molecule has 0 heterocycles. The number of halogens is 2. The van der Waals surface area contributed by atoms with Gasteiger partial charge in [0.25, 0.3) is 0 Å². The lowest BCUT2D eigenvalue weighted by atomic mass is 10.1. The standard InChI is InChI=1S/C20H21ClFNO2/c1-25-19-10-6-14(12-17(19)21)7-11-20(24)23(16-8-9-16)13-15-4-2-3-5-18(15)22/h2-6,10,12,16H,7-9,11,13H2,1H3. The fourth-order valence-corrected chi connectivity index (χ4v) is 3.16. The summed E-state index contributed by atoms with van der Waals surface area (Å²) in [6.45, 7) is 0.333. The first-order chi connectivity index (χ1) is 12.1. The second kappa shape index (κ2) is 7.87. The molecule has 1 saturated carbocycles. The number of amides is 1. The van der Waals surface area contributed by atoms with Crippen LogP contribution in [0.5, 0.6) is 5.75 Å². The molecule has 0 aliphatic heterocycles. The lowest BCUT2D eigenvalue weighted by Gasteiger charge is -2.23. The summed E-state index contributed by atoms with van der Waals surface area (Å²) in [5.41, 5.74) is 1.55. The lowest BCUT2D eigenvalue weighted by molar-refractivity contribution is -0.132. The molecule has 1 aliphatic carbocycles. The Morgan fingerprint density at radius 1 is 1.28 bits per heavy atom. The van der Waals surface area contributed by atoms with E-state index in [9.17, 15) is 9.18 Å². The highest BCUT2D eigenvalue weighted by molar-refractivity contribution is 6.32. The molecule has 5 heteroatoms. The van der Waals surface area contributed by atoms with Gasteiger partial charge in [0.05, 0.1) is 12.1 Å². The zero-order valence-corrected chi connectivity index (χ0v) is 14.9. The quantitative estimate of drug-likeness (QED) is 0.720. The van der Waals surface area contributed by atoms with Crippen LogP contribution in [0, 0.1) is 5.82 Å². The van der Waals surface area contributed by atoms with E-state index in [1.807, 2.05) is 17.0 Å². The summed E-state index contributed by atoms with van der Waals surface area (Å²) in [6.07, 6.45) is 2.97. The Morgan fingerprint density at radius 3 is 2.68 bits per heavy atom. The molecule has 1 aliphatic rings. The number of rotatable bonds is 7. The number of methoxy groups -OCH3 is 1. The molecular weight excluding hydrogens is 341 g/mol. The molecule has 0 radical (unpaired) electrons. The van der Waals surface area contributed by atoms with Crippen LogP contribution < -0.4 is 4.74 Å². The van der Waals surface area contributed by atoms with E-state index < -0.39 is 0 Å². The van der Waals surface area contributed by atoms with Crippen LogP contribution in [0.1, 0.15) is 30.4 Å². The zero-order chi connectivity index (χ0) is 17.8. The molecule has 1 fully saturated rings. The van der Waals surface area contributed by atoms with Crippen molar-refractivity contribution in [1.82, 2.24) is 4.90 Å². The number of ether oxygens (including phenoxy) is 1. The maximum Gasteiger partial charge on any atom is 0.223 e. The van der Waals surface area contributed by atoms with Crippen molar-refractivity contribution in [2.75, 3.05) is 7.11 Å². The Labute approximate surface area is 152 Å². The molecule has 2 aromatic carbocycles. The van der Waals surface area contributed by atoms with Gasteiger partial charge in [-0.2, -0.15) is 0 Å². The van der Waals surface area contributed by atoms with Crippen LogP contribution in [0.4, 0.5) is 4.39 Å². The molecule has 132 valence electrons. The summed E-state index contributed by atoms with van der Waals surface area (Å²) in [7, 11) is 1.57. The summed E-state index contributed by atoms with van der Waals surface area (Å²) in [4.78, 5) is 14.5. The molecule has 3 nitrogen and oxygen atoms in total. The molecule has 25 heavy (non-hydrogen) atoms. The summed E-state index contributed by atoms with van der Waals surface area (Å²) in [5, 5.41) is 0.540. The van der Waals surface area contributed by atoms with Crippen molar-refractivity contribution < 1.29 is 13.9 Å². The molecule has 0 N–H and O–H groups in total. The van der Waals surface area contributed by atoms with E-state index in [1.165, 1.54) is 6.07 Å². The lowest BCUT2D eigenvalue weighted by Crippen LogP contribution is -2.33. The number of benzene rings is 2. The molecule has 1 amide bonds. The monoisotopic (exact) mass is 361 g/mol. The first-order valence-corrected chi connectivity index (χ1v) is 8.81. The Balaban J connectivity index is 1.63. The Bertz CT molecular complexity index is 761. The normalized spacial score (nSPS) is 13.6. The summed E-state index contributed by atoms with van der Waals surface area (Å²) in [5.74, 6) is 0.413. The Morgan fingerprint density at radius 2 is 2.04 bits per heavy atom. The van der Waals surface area contributed by atoms with Crippen molar-refractivity contribution in [2.24, 2.45) is 0 Å². The number of aryl methyl sites for hydroxylation is 1. The van der Waals surface area contributed by atoms with Gasteiger partial charge in [0.2, 0.25) is 5.91 Å². The van der Waals surface area contributed by atoms with Gasteiger partial charge >= 0.3 is 0 Å². The van der Waals surface area contributed by atoms with Gasteiger partial charge in [0.15, 0.2) is 0 Å². The van der Waals surface area contributed by atoms with E-state index in [0.29, 0.717) is 35.7 Å². The van der Waals surface area contributed by atoms with Gasteiger partial charge in [-0.25, -0.2) is 4.39 Å². The minimum Gasteiger partial charge on any atom is -0.495 e. The third kappa shape index (κ3) is 4.51. The summed E-state index contributed by atoms with van der Waals surface area (Å²) in [6, 6.07) is 12.4. The van der Waals surface area contributed by atoms with E-state index in [1.54, 1.807) is 31.4 Å². The van der Waals surface area contributed by atoms with Crippen LogP contribution in [0.2, 0.25) is 5.02 Å². The maximum absolute atomic E-state index is 13.9. The number of hydrogen-bond acceptors (Lipinski definition) is 2. The summed E-state index contributed by atoms with van der Waals surface area (Å²) < 4.78 is 19.0. The predicted molar refractivity (Wildman–Crippen MR) is 96.3 cm³/mol. The van der Waals surface area contributed by atoms with E-state index >= 15 is 0 Å². The van der Waals surface area contributed by atoms with E-state index in [0.717, 1.165) is 18.4 Å². The minimum atomic E-state index is -0.261. The SMILES string of the molecule is COc1ccc(CCC(=O)N(Cc2ccccc2F)C2CC2)cc1Cl. The highest BCUT2D eigenvalue weighted by Gasteiger charge is 2.32. The number of carbonyl (C=O) groups excluding carboxylic acids is 1. The predicted octanol–water partition coefficient (Wildman–Crippen LogP) is 4.61. The molecule has 0 aromatic heterocycles. The second-order valence-electron chi connectivity index (χ2n) is 6.31. The Kier molecular flexibility index (Phi) is 5.59. The highest BCUT2D eigenvalue weighted by atomic mass is 35.5. The van der Waals surface area contributed by atoms with Crippen molar-refractivity contribution in [3.05, 3.63) is 64.4 Å². The van der Waals surface area contributed by atoms with Crippen LogP contribution in [-0.4, -0.2) is 24.0 Å². The molecule has 0 unspecified atom stereocenters. The maximum atomic E-state index is 13.9. The molecule has 0 saturated heterocycles. The average Bonchev–Trinajstić information content (AvgIpc) is 3.44. The topological polar surface area (TPSA) is 29.5 Å². The zero-order valence-electron chi connectivity index (χ0n) is 14.2. The second-order valence-corrected chi connectivity index (χ2v) is 6.72. The molecule has 3 rings (SSSR count). The fraction of sp³-hybridized carbons (Fsp3) is 0.350. The largest absolute Gasteiger partial charge is 0.495 e. The van der Waals surface area contributed by atoms with Gasteiger partial charge in [-0.3, -0.25) is 4.79 Å². The van der Waals surface area contributed by atoms with Gasteiger partial charge in [0, 0.05) is 24.6 Å². The van der Waals surface area contributed by atoms with Gasteiger partial charge < -0.3 is 9.64 Å². The molecule has 2 aromatic rings.